The van der Waals surface area contributed by atoms with Crippen molar-refractivity contribution in [2.45, 2.75) is 51.8 Å². The molecular weight excluding hydrogens is 238 g/mol. The van der Waals surface area contributed by atoms with E-state index in [2.05, 4.69) is 35.9 Å². The maximum Gasteiger partial charge on any atom is 0.0726 e. The quantitative estimate of drug-likeness (QED) is 0.783. The van der Waals surface area contributed by atoms with E-state index >= 15 is 0 Å². The van der Waals surface area contributed by atoms with Crippen LogP contribution < -0.4 is 5.32 Å². The fraction of sp³-hybridized carbons (Fsp3) is 1.00. The van der Waals surface area contributed by atoms with Crippen molar-refractivity contribution in [1.29, 1.82) is 0 Å². The number of nitrogens with one attached hydrogen (secondary N) is 1. The van der Waals surface area contributed by atoms with Gasteiger partial charge in [-0.05, 0) is 33.6 Å². The van der Waals surface area contributed by atoms with Crippen molar-refractivity contribution in [2.75, 3.05) is 45.9 Å². The minimum atomic E-state index is 0.442. The van der Waals surface area contributed by atoms with Crippen molar-refractivity contribution < 1.29 is 4.74 Å². The zero-order valence-corrected chi connectivity index (χ0v) is 12.9. The Bertz CT molecular complexity index is 246. The predicted molar refractivity (Wildman–Crippen MR) is 79.6 cm³/mol. The van der Waals surface area contributed by atoms with Crippen LogP contribution in [0.5, 0.6) is 0 Å². The lowest BCUT2D eigenvalue weighted by atomic mass is 10.1. The molecule has 2 fully saturated rings. The highest BCUT2D eigenvalue weighted by Gasteiger charge is 2.22. The van der Waals surface area contributed by atoms with Crippen molar-refractivity contribution in [2.24, 2.45) is 0 Å². The Morgan fingerprint density at radius 1 is 1.16 bits per heavy atom. The first-order valence-corrected chi connectivity index (χ1v) is 7.98. The van der Waals surface area contributed by atoms with E-state index in [4.69, 9.17) is 4.74 Å². The summed E-state index contributed by atoms with van der Waals surface area (Å²) in [7, 11) is 0. The first-order valence-electron chi connectivity index (χ1n) is 7.98. The van der Waals surface area contributed by atoms with E-state index in [1.54, 1.807) is 0 Å². The Hall–Kier alpha value is -0.160. The second-order valence-electron chi connectivity index (χ2n) is 6.27. The third-order valence-corrected chi connectivity index (χ3v) is 4.55. The van der Waals surface area contributed by atoms with Crippen molar-refractivity contribution in [3.63, 3.8) is 0 Å². The van der Waals surface area contributed by atoms with E-state index in [1.807, 2.05) is 0 Å². The summed E-state index contributed by atoms with van der Waals surface area (Å²) in [4.78, 5) is 5.15. The summed E-state index contributed by atoms with van der Waals surface area (Å²) in [6, 6.07) is 1.19. The molecule has 0 amide bonds. The summed E-state index contributed by atoms with van der Waals surface area (Å²) in [6.07, 6.45) is 2.90. The number of rotatable bonds is 6. The Morgan fingerprint density at radius 3 is 2.47 bits per heavy atom. The normalized spacial score (nSPS) is 28.1. The molecule has 0 aromatic carbocycles. The van der Waals surface area contributed by atoms with E-state index in [1.165, 1.54) is 45.6 Å². The van der Waals surface area contributed by atoms with Crippen LogP contribution in [0.15, 0.2) is 0 Å². The molecule has 4 heteroatoms. The van der Waals surface area contributed by atoms with Gasteiger partial charge in [-0.3, -0.25) is 9.80 Å². The molecule has 2 heterocycles. The maximum atomic E-state index is 5.71. The minimum Gasteiger partial charge on any atom is -0.377 e. The van der Waals surface area contributed by atoms with Gasteiger partial charge in [-0.15, -0.1) is 0 Å². The van der Waals surface area contributed by atoms with Gasteiger partial charge in [-0.2, -0.15) is 0 Å². The van der Waals surface area contributed by atoms with Crippen LogP contribution in [0, 0.1) is 0 Å². The van der Waals surface area contributed by atoms with Gasteiger partial charge < -0.3 is 10.1 Å². The summed E-state index contributed by atoms with van der Waals surface area (Å²) < 4.78 is 5.71. The number of piperazine rings is 1. The summed E-state index contributed by atoms with van der Waals surface area (Å²) in [6.45, 7) is 14.9. The van der Waals surface area contributed by atoms with Gasteiger partial charge in [0.1, 0.15) is 0 Å². The van der Waals surface area contributed by atoms with Crippen LogP contribution in [-0.4, -0.2) is 73.9 Å². The highest BCUT2D eigenvalue weighted by Crippen LogP contribution is 2.15. The van der Waals surface area contributed by atoms with Gasteiger partial charge in [0, 0.05) is 58.0 Å². The van der Waals surface area contributed by atoms with Gasteiger partial charge in [0.15, 0.2) is 0 Å². The topological polar surface area (TPSA) is 27.7 Å². The smallest absolute Gasteiger partial charge is 0.0726 e. The fourth-order valence-electron chi connectivity index (χ4n) is 3.08. The van der Waals surface area contributed by atoms with E-state index in [0.717, 1.165) is 13.2 Å². The molecule has 0 saturated carbocycles. The van der Waals surface area contributed by atoms with Gasteiger partial charge in [0.2, 0.25) is 0 Å². The fourth-order valence-corrected chi connectivity index (χ4v) is 3.08. The molecule has 2 unspecified atom stereocenters. The molecule has 0 aromatic rings. The lowest BCUT2D eigenvalue weighted by molar-refractivity contribution is 0.0790. The van der Waals surface area contributed by atoms with Crippen molar-refractivity contribution in [3.05, 3.63) is 0 Å². The Balaban J connectivity index is 1.56. The third-order valence-electron chi connectivity index (χ3n) is 4.55. The molecule has 0 aliphatic carbocycles. The molecule has 0 radical (unpaired) electrons. The van der Waals surface area contributed by atoms with Crippen LogP contribution in [0.2, 0.25) is 0 Å². The second-order valence-corrected chi connectivity index (χ2v) is 6.27. The first-order chi connectivity index (χ1) is 9.16. The van der Waals surface area contributed by atoms with Crippen molar-refractivity contribution >= 4 is 0 Å². The molecule has 112 valence electrons. The van der Waals surface area contributed by atoms with Gasteiger partial charge in [-0.1, -0.05) is 0 Å². The molecule has 0 spiro atoms. The van der Waals surface area contributed by atoms with Crippen molar-refractivity contribution in [1.82, 2.24) is 15.1 Å². The summed E-state index contributed by atoms with van der Waals surface area (Å²) in [5, 5.41) is 3.63. The van der Waals surface area contributed by atoms with E-state index in [-0.39, 0.29) is 0 Å². The number of nitrogens with zero attached hydrogens (tertiary/aromatic N) is 2. The van der Waals surface area contributed by atoms with Gasteiger partial charge in [-0.25, -0.2) is 0 Å². The third kappa shape index (κ3) is 4.71. The van der Waals surface area contributed by atoms with E-state index in [9.17, 15) is 0 Å². The van der Waals surface area contributed by atoms with Crippen LogP contribution in [0.1, 0.15) is 33.6 Å². The predicted octanol–water partition coefficient (Wildman–Crippen LogP) is 1.17. The highest BCUT2D eigenvalue weighted by atomic mass is 16.5. The van der Waals surface area contributed by atoms with Crippen molar-refractivity contribution in [3.8, 4) is 0 Å². The molecule has 2 rings (SSSR count). The summed E-state index contributed by atoms with van der Waals surface area (Å²) in [5.41, 5.74) is 0. The van der Waals surface area contributed by atoms with Crippen LogP contribution in [-0.2, 0) is 4.74 Å². The second kappa shape index (κ2) is 7.58. The molecule has 2 aliphatic rings. The van der Waals surface area contributed by atoms with E-state index in [0.29, 0.717) is 18.2 Å². The van der Waals surface area contributed by atoms with Gasteiger partial charge in [0.05, 0.1) is 6.10 Å². The SMILES string of the molecule is CC(NCCN1CCN(C(C)C)CC1)C1CCCO1. The Labute approximate surface area is 118 Å². The monoisotopic (exact) mass is 269 g/mol. The average molecular weight is 269 g/mol. The molecule has 2 aliphatic heterocycles. The Kier molecular flexibility index (Phi) is 6.07. The van der Waals surface area contributed by atoms with Crippen LogP contribution in [0.25, 0.3) is 0 Å². The Morgan fingerprint density at radius 2 is 1.89 bits per heavy atom. The molecule has 0 aromatic heterocycles. The van der Waals surface area contributed by atoms with Crippen LogP contribution in [0.4, 0.5) is 0 Å². The maximum absolute atomic E-state index is 5.71. The summed E-state index contributed by atoms with van der Waals surface area (Å²) in [5.74, 6) is 0. The lowest BCUT2D eigenvalue weighted by Gasteiger charge is -2.37. The van der Waals surface area contributed by atoms with Gasteiger partial charge >= 0.3 is 0 Å². The number of hydrogen-bond donors (Lipinski definition) is 1. The first kappa shape index (κ1) is 15.2. The number of ether oxygens (including phenoxy) is 1. The molecule has 4 nitrogen and oxygen atoms in total. The molecule has 1 N–H and O–H groups in total. The summed E-state index contributed by atoms with van der Waals surface area (Å²) >= 11 is 0. The minimum absolute atomic E-state index is 0.442. The molecule has 0 bridgehead atoms. The highest BCUT2D eigenvalue weighted by molar-refractivity contribution is 4.78. The lowest BCUT2D eigenvalue weighted by Crippen LogP contribution is -2.51. The molecule has 19 heavy (non-hydrogen) atoms. The van der Waals surface area contributed by atoms with Gasteiger partial charge in [0.25, 0.3) is 0 Å². The average Bonchev–Trinajstić information content (AvgIpc) is 2.93. The van der Waals surface area contributed by atoms with Crippen LogP contribution >= 0.6 is 0 Å². The van der Waals surface area contributed by atoms with Crippen LogP contribution in [0.3, 0.4) is 0 Å². The zero-order valence-electron chi connectivity index (χ0n) is 12.9. The molecule has 2 saturated heterocycles. The standard InChI is InChI=1S/C15H31N3O/c1-13(2)18-10-8-17(9-11-18)7-6-16-14(3)15-5-4-12-19-15/h13-16H,4-12H2,1-3H3. The zero-order chi connectivity index (χ0) is 13.7. The molecular formula is C15H31N3O. The number of hydrogen-bond acceptors (Lipinski definition) is 4. The molecule has 2 atom stereocenters. The van der Waals surface area contributed by atoms with E-state index < -0.39 is 0 Å². The largest absolute Gasteiger partial charge is 0.377 e.